The molecule has 9 heteroatoms. The number of aromatic nitrogens is 1. The van der Waals surface area contributed by atoms with Crippen LogP contribution in [-0.2, 0) is 9.53 Å². The molecule has 2 aliphatic heterocycles. The molecule has 0 N–H and O–H groups in total. The summed E-state index contributed by atoms with van der Waals surface area (Å²) in [4.78, 5) is 34.0. The van der Waals surface area contributed by atoms with Crippen molar-refractivity contribution in [1.82, 2.24) is 4.57 Å². The number of methoxy groups -OCH3 is 1. The Balaban J connectivity index is 1.62. The fourth-order valence-corrected chi connectivity index (χ4v) is 5.58. The minimum Gasteiger partial charge on any atom is -0.497 e. The van der Waals surface area contributed by atoms with Gasteiger partial charge in [-0.15, -0.1) is 0 Å². The normalized spacial score (nSPS) is 18.0. The first-order valence-corrected chi connectivity index (χ1v) is 12.5. The summed E-state index contributed by atoms with van der Waals surface area (Å²) in [5, 5.41) is 0. The first-order valence-electron chi connectivity index (χ1n) is 11.7. The molecule has 0 aliphatic carbocycles. The molecule has 1 saturated heterocycles. The number of rotatable bonds is 6. The van der Waals surface area contributed by atoms with Gasteiger partial charge in [0, 0.05) is 25.2 Å². The van der Waals surface area contributed by atoms with Gasteiger partial charge in [0.2, 0.25) is 0 Å². The van der Waals surface area contributed by atoms with Crippen LogP contribution in [0.5, 0.6) is 5.75 Å². The van der Waals surface area contributed by atoms with Crippen molar-refractivity contribution in [3.63, 3.8) is 0 Å². The summed E-state index contributed by atoms with van der Waals surface area (Å²) < 4.78 is 18.7. The number of ether oxygens (including phenoxy) is 2. The number of carbonyl (C=O) groups is 1. The Hall–Kier alpha value is -3.59. The van der Waals surface area contributed by atoms with E-state index in [9.17, 15) is 9.59 Å². The number of esters is 1. The van der Waals surface area contributed by atoms with Crippen LogP contribution in [0.4, 0.5) is 5.88 Å². The van der Waals surface area contributed by atoms with Gasteiger partial charge in [0.25, 0.3) is 5.56 Å². The number of benzene rings is 1. The van der Waals surface area contributed by atoms with Gasteiger partial charge < -0.3 is 18.8 Å². The third-order valence-corrected chi connectivity index (χ3v) is 7.24. The van der Waals surface area contributed by atoms with Crippen LogP contribution in [0.1, 0.15) is 44.1 Å². The van der Waals surface area contributed by atoms with Crippen LogP contribution in [-0.4, -0.2) is 37.3 Å². The lowest BCUT2D eigenvalue weighted by molar-refractivity contribution is -0.139. The zero-order chi connectivity index (χ0) is 24.5. The quantitative estimate of drug-likeness (QED) is 0.491. The Morgan fingerprint density at radius 2 is 1.94 bits per heavy atom. The van der Waals surface area contributed by atoms with Gasteiger partial charge in [-0.25, -0.2) is 9.79 Å². The van der Waals surface area contributed by atoms with E-state index in [1.165, 1.54) is 11.3 Å². The summed E-state index contributed by atoms with van der Waals surface area (Å²) in [5.41, 5.74) is 1.42. The zero-order valence-electron chi connectivity index (χ0n) is 19.9. The van der Waals surface area contributed by atoms with Crippen LogP contribution < -0.4 is 24.5 Å². The second-order valence-electron chi connectivity index (χ2n) is 8.45. The molecule has 1 aromatic carbocycles. The van der Waals surface area contributed by atoms with E-state index in [0.29, 0.717) is 32.1 Å². The number of allylic oxidation sites excluding steroid dienone is 1. The SMILES string of the molecule is CCOC(=O)C1=C(C)N=c2s/c(=C\c3ccc(N4CCCC4)o3)c(=O)n2C1c1ccc(OC)cc1. The van der Waals surface area contributed by atoms with Crippen molar-refractivity contribution in [3.05, 3.63) is 78.7 Å². The molecule has 0 bridgehead atoms. The Labute approximate surface area is 206 Å². The topological polar surface area (TPSA) is 86.3 Å². The van der Waals surface area contributed by atoms with Gasteiger partial charge in [0.05, 0.1) is 35.6 Å². The lowest BCUT2D eigenvalue weighted by Gasteiger charge is -2.24. The van der Waals surface area contributed by atoms with Crippen molar-refractivity contribution < 1.29 is 18.7 Å². The van der Waals surface area contributed by atoms with Crippen molar-refractivity contribution in [2.24, 2.45) is 4.99 Å². The van der Waals surface area contributed by atoms with Crippen molar-refractivity contribution >= 4 is 29.3 Å². The number of fused-ring (bicyclic) bond motifs is 1. The summed E-state index contributed by atoms with van der Waals surface area (Å²) in [5.74, 6) is 1.63. The molecule has 1 unspecified atom stereocenters. The maximum absolute atomic E-state index is 13.7. The second kappa shape index (κ2) is 9.58. The predicted molar refractivity (Wildman–Crippen MR) is 134 cm³/mol. The van der Waals surface area contributed by atoms with E-state index in [1.807, 2.05) is 36.4 Å². The molecule has 0 amide bonds. The van der Waals surface area contributed by atoms with Gasteiger partial charge in [-0.05, 0) is 50.5 Å². The molecule has 8 nitrogen and oxygen atoms in total. The summed E-state index contributed by atoms with van der Waals surface area (Å²) >= 11 is 1.28. The number of nitrogens with zero attached hydrogens (tertiary/aromatic N) is 3. The third-order valence-electron chi connectivity index (χ3n) is 6.25. The van der Waals surface area contributed by atoms with Gasteiger partial charge in [0.1, 0.15) is 11.5 Å². The first-order chi connectivity index (χ1) is 17.0. The smallest absolute Gasteiger partial charge is 0.338 e. The second-order valence-corrected chi connectivity index (χ2v) is 9.45. The van der Waals surface area contributed by atoms with Gasteiger partial charge in [-0.3, -0.25) is 9.36 Å². The molecular weight excluding hydrogens is 466 g/mol. The standard InChI is InChI=1S/C26H27N3O5S/c1-4-33-25(31)22-16(2)27-26-29(23(22)17-7-9-18(32-3)10-8-17)24(30)20(35-26)15-19-11-12-21(34-19)28-13-5-6-14-28/h7-12,15,23H,4-6,13-14H2,1-3H3/b20-15-. The highest BCUT2D eigenvalue weighted by molar-refractivity contribution is 7.07. The van der Waals surface area contributed by atoms with Gasteiger partial charge in [-0.1, -0.05) is 23.5 Å². The van der Waals surface area contributed by atoms with Crippen LogP contribution in [0, 0.1) is 0 Å². The maximum atomic E-state index is 13.7. The average molecular weight is 494 g/mol. The lowest BCUT2D eigenvalue weighted by Crippen LogP contribution is -2.39. The van der Waals surface area contributed by atoms with E-state index in [1.54, 1.807) is 31.6 Å². The van der Waals surface area contributed by atoms with Gasteiger partial charge in [0.15, 0.2) is 10.7 Å². The van der Waals surface area contributed by atoms with E-state index >= 15 is 0 Å². The molecule has 2 aliphatic rings. The minimum atomic E-state index is -0.657. The predicted octanol–water partition coefficient (Wildman–Crippen LogP) is 3.00. The number of anilines is 1. The molecule has 1 fully saturated rings. The van der Waals surface area contributed by atoms with Crippen molar-refractivity contribution in [1.29, 1.82) is 0 Å². The number of hydrogen-bond donors (Lipinski definition) is 0. The Morgan fingerprint density at radius 3 is 2.63 bits per heavy atom. The van der Waals surface area contributed by atoms with E-state index in [-0.39, 0.29) is 12.2 Å². The third kappa shape index (κ3) is 4.32. The minimum absolute atomic E-state index is 0.229. The van der Waals surface area contributed by atoms with Crippen LogP contribution in [0.25, 0.3) is 6.08 Å². The molecule has 0 spiro atoms. The monoisotopic (exact) mass is 493 g/mol. The van der Waals surface area contributed by atoms with Crippen LogP contribution in [0.3, 0.4) is 0 Å². The number of hydrogen-bond acceptors (Lipinski definition) is 8. The number of carbonyl (C=O) groups excluding carboxylic acids is 1. The van der Waals surface area contributed by atoms with E-state index in [2.05, 4.69) is 9.89 Å². The molecule has 2 aromatic heterocycles. The molecule has 3 aromatic rings. The van der Waals surface area contributed by atoms with Gasteiger partial charge in [-0.2, -0.15) is 0 Å². The van der Waals surface area contributed by atoms with Crippen molar-refractivity contribution in [3.8, 4) is 5.75 Å². The molecule has 0 radical (unpaired) electrons. The molecule has 4 heterocycles. The highest BCUT2D eigenvalue weighted by Gasteiger charge is 2.33. The molecule has 35 heavy (non-hydrogen) atoms. The summed E-state index contributed by atoms with van der Waals surface area (Å²) in [6, 6.07) is 10.5. The molecule has 1 atom stereocenters. The zero-order valence-corrected chi connectivity index (χ0v) is 20.8. The van der Waals surface area contributed by atoms with Crippen LogP contribution >= 0.6 is 11.3 Å². The highest BCUT2D eigenvalue weighted by atomic mass is 32.1. The fraction of sp³-hybridized carbons (Fsp3) is 0.346. The van der Waals surface area contributed by atoms with E-state index < -0.39 is 12.0 Å². The molecular formula is C26H27N3O5S. The number of thiazole rings is 1. The first kappa shape index (κ1) is 23.2. The Bertz CT molecular complexity index is 1460. The van der Waals surface area contributed by atoms with Crippen LogP contribution in [0.2, 0.25) is 0 Å². The summed E-state index contributed by atoms with van der Waals surface area (Å²) in [6.45, 7) is 5.72. The summed E-state index contributed by atoms with van der Waals surface area (Å²) in [6.07, 6.45) is 4.06. The maximum Gasteiger partial charge on any atom is 0.338 e. The number of furan rings is 1. The molecule has 182 valence electrons. The van der Waals surface area contributed by atoms with E-state index in [4.69, 9.17) is 13.9 Å². The average Bonchev–Trinajstić information content (AvgIpc) is 3.60. The Morgan fingerprint density at radius 1 is 1.20 bits per heavy atom. The highest BCUT2D eigenvalue weighted by Crippen LogP contribution is 2.31. The largest absolute Gasteiger partial charge is 0.497 e. The molecule has 0 saturated carbocycles. The van der Waals surface area contributed by atoms with Crippen molar-refractivity contribution in [2.45, 2.75) is 32.7 Å². The summed E-state index contributed by atoms with van der Waals surface area (Å²) in [7, 11) is 1.59. The molecule has 5 rings (SSSR count). The Kier molecular flexibility index (Phi) is 6.34. The van der Waals surface area contributed by atoms with Crippen molar-refractivity contribution in [2.75, 3.05) is 31.7 Å². The van der Waals surface area contributed by atoms with E-state index in [0.717, 1.165) is 37.4 Å². The van der Waals surface area contributed by atoms with Gasteiger partial charge >= 0.3 is 5.97 Å². The van der Waals surface area contributed by atoms with Crippen LogP contribution in [0.15, 0.2) is 61.9 Å². The lowest BCUT2D eigenvalue weighted by atomic mass is 9.96. The fourth-order valence-electron chi connectivity index (χ4n) is 4.55.